The van der Waals surface area contributed by atoms with Crippen LogP contribution in [0.4, 0.5) is 0 Å². The minimum atomic E-state index is -1.12. The molecule has 1 fully saturated rings. The van der Waals surface area contributed by atoms with Crippen LogP contribution in [0.2, 0.25) is 0 Å². The Morgan fingerprint density at radius 1 is 1.30 bits per heavy atom. The summed E-state index contributed by atoms with van der Waals surface area (Å²) >= 11 is 0. The Kier molecular flexibility index (Phi) is 4.37. The summed E-state index contributed by atoms with van der Waals surface area (Å²) < 4.78 is 0. The number of hydrogen-bond donors (Lipinski definition) is 1. The van der Waals surface area contributed by atoms with Gasteiger partial charge in [0.05, 0.1) is 5.56 Å². The highest BCUT2D eigenvalue weighted by Gasteiger charge is 2.28. The highest BCUT2D eigenvalue weighted by atomic mass is 16.4. The highest BCUT2D eigenvalue weighted by molar-refractivity contribution is 6.03. The van der Waals surface area contributed by atoms with Crippen molar-refractivity contribution in [2.45, 2.75) is 38.6 Å². The van der Waals surface area contributed by atoms with E-state index in [9.17, 15) is 9.59 Å². The Bertz CT molecular complexity index is 508. The second-order valence-electron chi connectivity index (χ2n) is 5.53. The van der Waals surface area contributed by atoms with Gasteiger partial charge in [-0.3, -0.25) is 9.78 Å². The van der Waals surface area contributed by atoms with Gasteiger partial charge in [0.1, 0.15) is 5.69 Å². The fourth-order valence-corrected chi connectivity index (χ4v) is 2.71. The lowest BCUT2D eigenvalue weighted by molar-refractivity contribution is 0.0640. The largest absolute Gasteiger partial charge is 0.478 e. The van der Waals surface area contributed by atoms with E-state index in [-0.39, 0.29) is 23.2 Å². The standard InChI is InChI=1S/C15H20N2O3/c1-10-5-7-11(8-6-10)17(2)14(18)13-12(15(19)20)4-3-9-16-13/h3-4,9-11H,5-8H2,1-2H3,(H,19,20). The fraction of sp³-hybridized carbons (Fsp3) is 0.533. The van der Waals surface area contributed by atoms with E-state index in [0.29, 0.717) is 5.92 Å². The number of rotatable bonds is 3. The molecular weight excluding hydrogens is 256 g/mol. The summed E-state index contributed by atoms with van der Waals surface area (Å²) in [5.74, 6) is -0.714. The maximum absolute atomic E-state index is 12.5. The number of nitrogens with zero attached hydrogens (tertiary/aromatic N) is 2. The minimum Gasteiger partial charge on any atom is -0.478 e. The van der Waals surface area contributed by atoms with Crippen LogP contribution >= 0.6 is 0 Å². The molecule has 1 aliphatic rings. The number of pyridine rings is 1. The van der Waals surface area contributed by atoms with E-state index >= 15 is 0 Å². The summed E-state index contributed by atoms with van der Waals surface area (Å²) in [5.41, 5.74) is -0.00495. The minimum absolute atomic E-state index is 0.0288. The monoisotopic (exact) mass is 276 g/mol. The molecule has 0 aliphatic heterocycles. The molecule has 0 bridgehead atoms. The lowest BCUT2D eigenvalue weighted by atomic mass is 9.86. The lowest BCUT2D eigenvalue weighted by Gasteiger charge is -2.33. The summed E-state index contributed by atoms with van der Waals surface area (Å²) in [6.07, 6.45) is 5.61. The third-order valence-corrected chi connectivity index (χ3v) is 4.09. The predicted octanol–water partition coefficient (Wildman–Crippen LogP) is 2.43. The van der Waals surface area contributed by atoms with Gasteiger partial charge in [-0.15, -0.1) is 0 Å². The molecule has 2 rings (SSSR count). The van der Waals surface area contributed by atoms with Gasteiger partial charge in [-0.1, -0.05) is 6.92 Å². The first-order chi connectivity index (χ1) is 9.50. The topological polar surface area (TPSA) is 70.5 Å². The van der Waals surface area contributed by atoms with E-state index in [0.717, 1.165) is 25.7 Å². The zero-order chi connectivity index (χ0) is 14.7. The maximum atomic E-state index is 12.5. The summed E-state index contributed by atoms with van der Waals surface area (Å²) in [5, 5.41) is 9.13. The van der Waals surface area contributed by atoms with Crippen LogP contribution in [-0.4, -0.2) is 40.0 Å². The molecule has 20 heavy (non-hydrogen) atoms. The van der Waals surface area contributed by atoms with E-state index in [2.05, 4.69) is 11.9 Å². The van der Waals surface area contributed by atoms with Crippen molar-refractivity contribution in [3.63, 3.8) is 0 Å². The molecule has 1 aromatic heterocycles. The average molecular weight is 276 g/mol. The van der Waals surface area contributed by atoms with Gasteiger partial charge in [0.2, 0.25) is 0 Å². The molecule has 0 atom stereocenters. The van der Waals surface area contributed by atoms with Crippen molar-refractivity contribution >= 4 is 11.9 Å². The quantitative estimate of drug-likeness (QED) is 0.920. The maximum Gasteiger partial charge on any atom is 0.338 e. The van der Waals surface area contributed by atoms with Crippen LogP contribution in [0.25, 0.3) is 0 Å². The highest BCUT2D eigenvalue weighted by Crippen LogP contribution is 2.27. The van der Waals surface area contributed by atoms with Crippen molar-refractivity contribution < 1.29 is 14.7 Å². The van der Waals surface area contributed by atoms with Crippen LogP contribution in [-0.2, 0) is 0 Å². The van der Waals surface area contributed by atoms with Crippen LogP contribution < -0.4 is 0 Å². The molecule has 1 saturated carbocycles. The Morgan fingerprint density at radius 2 is 1.95 bits per heavy atom. The van der Waals surface area contributed by atoms with Crippen molar-refractivity contribution in [2.24, 2.45) is 5.92 Å². The van der Waals surface area contributed by atoms with Gasteiger partial charge in [0.25, 0.3) is 5.91 Å². The van der Waals surface area contributed by atoms with Crippen LogP contribution in [0.5, 0.6) is 0 Å². The molecule has 0 aromatic carbocycles. The van der Waals surface area contributed by atoms with E-state index in [1.807, 2.05) is 0 Å². The van der Waals surface area contributed by atoms with Crippen molar-refractivity contribution in [1.82, 2.24) is 9.88 Å². The summed E-state index contributed by atoms with van der Waals surface area (Å²) in [6.45, 7) is 2.22. The first-order valence-electron chi connectivity index (χ1n) is 6.96. The second kappa shape index (κ2) is 6.03. The average Bonchev–Trinajstić information content (AvgIpc) is 2.46. The van der Waals surface area contributed by atoms with Gasteiger partial charge < -0.3 is 10.0 Å². The first-order valence-corrected chi connectivity index (χ1v) is 6.96. The van der Waals surface area contributed by atoms with E-state index in [1.54, 1.807) is 11.9 Å². The molecule has 1 heterocycles. The van der Waals surface area contributed by atoms with Gasteiger partial charge in [-0.2, -0.15) is 0 Å². The smallest absolute Gasteiger partial charge is 0.338 e. The molecule has 5 nitrogen and oxygen atoms in total. The molecule has 5 heteroatoms. The van der Waals surface area contributed by atoms with Crippen LogP contribution in [0.3, 0.4) is 0 Å². The summed E-state index contributed by atoms with van der Waals surface area (Å²) in [6, 6.07) is 3.13. The molecular formula is C15H20N2O3. The number of aromatic carboxylic acids is 1. The molecule has 0 spiro atoms. The SMILES string of the molecule is CC1CCC(N(C)C(=O)c2ncccc2C(=O)O)CC1. The number of amides is 1. The molecule has 1 aliphatic carbocycles. The number of carboxylic acid groups (broad SMARTS) is 1. The zero-order valence-electron chi connectivity index (χ0n) is 11.9. The molecule has 1 N–H and O–H groups in total. The van der Waals surface area contributed by atoms with Crippen molar-refractivity contribution in [3.8, 4) is 0 Å². The molecule has 108 valence electrons. The van der Waals surface area contributed by atoms with Crippen LogP contribution in [0.1, 0.15) is 53.5 Å². The van der Waals surface area contributed by atoms with Gasteiger partial charge in [-0.05, 0) is 43.7 Å². The molecule has 1 amide bonds. The molecule has 1 aromatic rings. The number of carbonyl (C=O) groups excluding carboxylic acids is 1. The third-order valence-electron chi connectivity index (χ3n) is 4.09. The molecule has 0 saturated heterocycles. The van der Waals surface area contributed by atoms with Crippen LogP contribution in [0.15, 0.2) is 18.3 Å². The Hall–Kier alpha value is -1.91. The Balaban J connectivity index is 2.17. The molecule has 0 unspecified atom stereocenters. The fourth-order valence-electron chi connectivity index (χ4n) is 2.71. The number of carboxylic acids is 1. The van der Waals surface area contributed by atoms with Crippen molar-refractivity contribution in [1.29, 1.82) is 0 Å². The van der Waals surface area contributed by atoms with E-state index < -0.39 is 5.97 Å². The predicted molar refractivity (Wildman–Crippen MR) is 74.7 cm³/mol. The zero-order valence-corrected chi connectivity index (χ0v) is 11.9. The van der Waals surface area contributed by atoms with Gasteiger partial charge in [0.15, 0.2) is 0 Å². The molecule has 0 radical (unpaired) electrons. The number of carbonyl (C=O) groups is 2. The first kappa shape index (κ1) is 14.5. The van der Waals surface area contributed by atoms with E-state index in [4.69, 9.17) is 5.11 Å². The van der Waals surface area contributed by atoms with Gasteiger partial charge in [-0.25, -0.2) is 4.79 Å². The second-order valence-corrected chi connectivity index (χ2v) is 5.53. The lowest BCUT2D eigenvalue weighted by Crippen LogP contribution is -2.40. The van der Waals surface area contributed by atoms with Crippen LogP contribution in [0, 0.1) is 5.92 Å². The van der Waals surface area contributed by atoms with Crippen molar-refractivity contribution in [3.05, 3.63) is 29.6 Å². The third kappa shape index (κ3) is 2.98. The Morgan fingerprint density at radius 3 is 2.55 bits per heavy atom. The summed E-state index contributed by atoms with van der Waals surface area (Å²) in [4.78, 5) is 29.2. The van der Waals surface area contributed by atoms with Crippen molar-refractivity contribution in [2.75, 3.05) is 7.05 Å². The number of aromatic nitrogens is 1. The van der Waals surface area contributed by atoms with Gasteiger partial charge >= 0.3 is 5.97 Å². The summed E-state index contributed by atoms with van der Waals surface area (Å²) in [7, 11) is 1.74. The number of hydrogen-bond acceptors (Lipinski definition) is 3. The van der Waals surface area contributed by atoms with Gasteiger partial charge in [0, 0.05) is 19.3 Å². The normalized spacial score (nSPS) is 22.3. The van der Waals surface area contributed by atoms with E-state index in [1.165, 1.54) is 18.3 Å². The Labute approximate surface area is 118 Å².